The number of thiazole rings is 1. The summed E-state index contributed by atoms with van der Waals surface area (Å²) < 4.78 is 12.8. The Labute approximate surface area is 116 Å². The fourth-order valence-corrected chi connectivity index (χ4v) is 2.69. The van der Waals surface area contributed by atoms with Gasteiger partial charge in [-0.1, -0.05) is 32.9 Å². The molecule has 0 aliphatic rings. The van der Waals surface area contributed by atoms with Crippen molar-refractivity contribution in [1.82, 2.24) is 4.98 Å². The average molecular weight is 279 g/mol. The van der Waals surface area contributed by atoms with Gasteiger partial charge in [-0.05, 0) is 17.7 Å². The predicted octanol–water partition coefficient (Wildman–Crippen LogP) is 3.86. The van der Waals surface area contributed by atoms with Gasteiger partial charge >= 0.3 is 0 Å². The quantitative estimate of drug-likeness (QED) is 0.925. The van der Waals surface area contributed by atoms with Crippen molar-refractivity contribution >= 4 is 11.3 Å². The number of aliphatic hydroxyl groups is 1. The molecule has 2 aromatic rings. The lowest BCUT2D eigenvalue weighted by Gasteiger charge is -2.14. The molecule has 0 saturated carbocycles. The van der Waals surface area contributed by atoms with E-state index < -0.39 is 6.10 Å². The van der Waals surface area contributed by atoms with Crippen molar-refractivity contribution in [3.8, 4) is 0 Å². The van der Waals surface area contributed by atoms with Crippen LogP contribution in [-0.4, -0.2) is 10.1 Å². The number of hydrogen-bond acceptors (Lipinski definition) is 3. The van der Waals surface area contributed by atoms with Crippen LogP contribution in [0.3, 0.4) is 0 Å². The molecule has 1 unspecified atom stereocenters. The standard InChI is InChI=1S/C15H18FNOS/c1-15(2,3)14-17-12(9-19-14)13(18)8-10-4-6-11(16)7-5-10/h4-7,9,13,18H,8H2,1-3H3. The second kappa shape index (κ2) is 5.39. The van der Waals surface area contributed by atoms with Crippen LogP contribution in [0.5, 0.6) is 0 Å². The van der Waals surface area contributed by atoms with E-state index in [9.17, 15) is 9.50 Å². The maximum Gasteiger partial charge on any atom is 0.123 e. The molecule has 1 heterocycles. The first-order valence-electron chi connectivity index (χ1n) is 6.24. The zero-order chi connectivity index (χ0) is 14.0. The number of hydrogen-bond donors (Lipinski definition) is 1. The van der Waals surface area contributed by atoms with E-state index in [-0.39, 0.29) is 11.2 Å². The Hall–Kier alpha value is -1.26. The van der Waals surface area contributed by atoms with Crippen molar-refractivity contribution in [3.63, 3.8) is 0 Å². The predicted molar refractivity (Wildman–Crippen MR) is 75.9 cm³/mol. The lowest BCUT2D eigenvalue weighted by Crippen LogP contribution is -2.11. The molecule has 0 aliphatic carbocycles. The van der Waals surface area contributed by atoms with Crippen molar-refractivity contribution in [2.75, 3.05) is 0 Å². The number of aliphatic hydroxyl groups excluding tert-OH is 1. The first-order chi connectivity index (χ1) is 8.86. The van der Waals surface area contributed by atoms with E-state index >= 15 is 0 Å². The summed E-state index contributed by atoms with van der Waals surface area (Å²) in [7, 11) is 0. The second-order valence-corrected chi connectivity index (χ2v) is 6.53. The third kappa shape index (κ3) is 3.61. The van der Waals surface area contributed by atoms with Crippen LogP contribution in [0.25, 0.3) is 0 Å². The third-order valence-electron chi connectivity index (χ3n) is 2.85. The number of aromatic nitrogens is 1. The summed E-state index contributed by atoms with van der Waals surface area (Å²) in [4.78, 5) is 4.49. The molecule has 19 heavy (non-hydrogen) atoms. The first-order valence-corrected chi connectivity index (χ1v) is 7.12. The average Bonchev–Trinajstić information content (AvgIpc) is 2.81. The highest BCUT2D eigenvalue weighted by atomic mass is 32.1. The van der Waals surface area contributed by atoms with E-state index in [1.54, 1.807) is 23.5 Å². The van der Waals surface area contributed by atoms with Gasteiger partial charge < -0.3 is 5.11 Å². The van der Waals surface area contributed by atoms with Crippen LogP contribution < -0.4 is 0 Å². The molecular formula is C15H18FNOS. The van der Waals surface area contributed by atoms with Gasteiger partial charge in [0.1, 0.15) is 11.9 Å². The zero-order valence-electron chi connectivity index (χ0n) is 11.4. The summed E-state index contributed by atoms with van der Waals surface area (Å²) in [6.45, 7) is 6.30. The van der Waals surface area contributed by atoms with E-state index in [0.717, 1.165) is 10.6 Å². The summed E-state index contributed by atoms with van der Waals surface area (Å²) in [5.74, 6) is -0.262. The fourth-order valence-electron chi connectivity index (χ4n) is 1.73. The Kier molecular flexibility index (Phi) is 4.02. The highest BCUT2D eigenvalue weighted by molar-refractivity contribution is 7.09. The fraction of sp³-hybridized carbons (Fsp3) is 0.400. The van der Waals surface area contributed by atoms with E-state index in [4.69, 9.17) is 0 Å². The molecule has 2 rings (SSSR count). The minimum absolute atomic E-state index is 0.00148. The first kappa shape index (κ1) is 14.2. The molecule has 0 saturated heterocycles. The molecule has 1 atom stereocenters. The van der Waals surface area contributed by atoms with Gasteiger partial charge in [0.05, 0.1) is 10.7 Å². The third-order valence-corrected chi connectivity index (χ3v) is 4.13. The second-order valence-electron chi connectivity index (χ2n) is 5.67. The molecule has 1 aromatic heterocycles. The summed E-state index contributed by atoms with van der Waals surface area (Å²) >= 11 is 1.57. The zero-order valence-corrected chi connectivity index (χ0v) is 12.2. The minimum atomic E-state index is -0.641. The van der Waals surface area contributed by atoms with Crippen LogP contribution >= 0.6 is 11.3 Å². The van der Waals surface area contributed by atoms with Crippen molar-refractivity contribution in [2.24, 2.45) is 0 Å². The van der Waals surface area contributed by atoms with Crippen LogP contribution in [0.2, 0.25) is 0 Å². The van der Waals surface area contributed by atoms with Gasteiger partial charge in [-0.25, -0.2) is 9.37 Å². The van der Waals surface area contributed by atoms with Crippen molar-refractivity contribution in [2.45, 2.75) is 38.7 Å². The Morgan fingerprint density at radius 3 is 2.42 bits per heavy atom. The van der Waals surface area contributed by atoms with Gasteiger partial charge in [0.15, 0.2) is 0 Å². The van der Waals surface area contributed by atoms with Gasteiger partial charge in [-0.15, -0.1) is 11.3 Å². The van der Waals surface area contributed by atoms with E-state index in [2.05, 4.69) is 25.8 Å². The molecule has 0 fully saturated rings. The molecule has 102 valence electrons. The number of halogens is 1. The maximum atomic E-state index is 12.8. The normalized spacial score (nSPS) is 13.5. The van der Waals surface area contributed by atoms with Crippen LogP contribution in [0, 0.1) is 5.82 Å². The molecule has 0 spiro atoms. The van der Waals surface area contributed by atoms with Crippen LogP contribution in [-0.2, 0) is 11.8 Å². The Morgan fingerprint density at radius 2 is 1.89 bits per heavy atom. The smallest absolute Gasteiger partial charge is 0.123 e. The van der Waals surface area contributed by atoms with Crippen molar-refractivity contribution in [1.29, 1.82) is 0 Å². The molecule has 0 bridgehead atoms. The lowest BCUT2D eigenvalue weighted by molar-refractivity contribution is 0.174. The largest absolute Gasteiger partial charge is 0.386 e. The van der Waals surface area contributed by atoms with Crippen molar-refractivity contribution < 1.29 is 9.50 Å². The molecule has 1 aromatic carbocycles. The van der Waals surface area contributed by atoms with Gasteiger partial charge in [-0.3, -0.25) is 0 Å². The molecule has 4 heteroatoms. The number of rotatable bonds is 3. The molecule has 0 aliphatic heterocycles. The van der Waals surface area contributed by atoms with Gasteiger partial charge in [0.25, 0.3) is 0 Å². The molecule has 0 radical (unpaired) electrons. The van der Waals surface area contributed by atoms with E-state index in [1.165, 1.54) is 12.1 Å². The Bertz CT molecular complexity index is 542. The summed E-state index contributed by atoms with van der Waals surface area (Å²) in [6.07, 6.45) is -0.189. The van der Waals surface area contributed by atoms with Crippen LogP contribution in [0.4, 0.5) is 4.39 Å². The van der Waals surface area contributed by atoms with Gasteiger partial charge in [0.2, 0.25) is 0 Å². The van der Waals surface area contributed by atoms with E-state index in [0.29, 0.717) is 12.1 Å². The molecular weight excluding hydrogens is 261 g/mol. The van der Waals surface area contributed by atoms with Crippen LogP contribution in [0.15, 0.2) is 29.6 Å². The van der Waals surface area contributed by atoms with Gasteiger partial charge in [0, 0.05) is 17.2 Å². The SMILES string of the molecule is CC(C)(C)c1nc(C(O)Cc2ccc(F)cc2)cs1. The molecule has 0 amide bonds. The van der Waals surface area contributed by atoms with Crippen molar-refractivity contribution in [3.05, 3.63) is 51.7 Å². The summed E-state index contributed by atoms with van der Waals surface area (Å²) in [5.41, 5.74) is 1.59. The molecule has 2 nitrogen and oxygen atoms in total. The monoisotopic (exact) mass is 279 g/mol. The summed E-state index contributed by atoms with van der Waals surface area (Å²) in [6, 6.07) is 6.19. The van der Waals surface area contributed by atoms with E-state index in [1.807, 2.05) is 5.38 Å². The Balaban J connectivity index is 2.09. The number of nitrogens with zero attached hydrogens (tertiary/aromatic N) is 1. The number of benzene rings is 1. The highest BCUT2D eigenvalue weighted by Gasteiger charge is 2.20. The minimum Gasteiger partial charge on any atom is -0.386 e. The topological polar surface area (TPSA) is 33.1 Å². The summed E-state index contributed by atoms with van der Waals surface area (Å²) in [5, 5.41) is 13.1. The van der Waals surface area contributed by atoms with Crippen LogP contribution in [0.1, 0.15) is 43.1 Å². The highest BCUT2D eigenvalue weighted by Crippen LogP contribution is 2.28. The Morgan fingerprint density at radius 1 is 1.26 bits per heavy atom. The maximum absolute atomic E-state index is 12.8. The lowest BCUT2D eigenvalue weighted by atomic mass is 9.98. The van der Waals surface area contributed by atoms with Gasteiger partial charge in [-0.2, -0.15) is 0 Å². The molecule has 1 N–H and O–H groups in total.